The Balaban J connectivity index is 2.18. The van der Waals surface area contributed by atoms with Crippen molar-refractivity contribution in [3.8, 4) is 0 Å². The number of aliphatic carboxylic acids is 1. The number of hydrogen-bond acceptors (Lipinski definition) is 5. The lowest BCUT2D eigenvalue weighted by atomic mass is 9.78. The van der Waals surface area contributed by atoms with Gasteiger partial charge in [-0.1, -0.05) is 12.1 Å². The average molecular weight is 335 g/mol. The van der Waals surface area contributed by atoms with Gasteiger partial charge in [0, 0.05) is 11.9 Å². The molecule has 1 N–H and O–H groups in total. The van der Waals surface area contributed by atoms with Crippen molar-refractivity contribution in [2.75, 3.05) is 5.75 Å². The molecule has 0 bridgehead atoms. The van der Waals surface area contributed by atoms with Crippen molar-refractivity contribution in [1.29, 1.82) is 0 Å². The van der Waals surface area contributed by atoms with Crippen LogP contribution in [0.3, 0.4) is 0 Å². The van der Waals surface area contributed by atoms with Gasteiger partial charge in [-0.2, -0.15) is 12.6 Å². The maximum absolute atomic E-state index is 10.7. The largest absolute Gasteiger partial charge is 0.491 e. The van der Waals surface area contributed by atoms with Crippen LogP contribution in [0.25, 0.3) is 6.08 Å². The highest BCUT2D eigenvalue weighted by atomic mass is 32.1. The maximum atomic E-state index is 10.7. The van der Waals surface area contributed by atoms with Gasteiger partial charge in [0.2, 0.25) is 0 Å². The molecule has 5 nitrogen and oxygen atoms in total. The van der Waals surface area contributed by atoms with Gasteiger partial charge in [-0.05, 0) is 44.8 Å². The first kappa shape index (κ1) is 18.0. The summed E-state index contributed by atoms with van der Waals surface area (Å²) in [7, 11) is -0.448. The fraction of sp³-hybridized carbons (Fsp3) is 0.500. The molecule has 0 atom stereocenters. The summed E-state index contributed by atoms with van der Waals surface area (Å²) in [6, 6.07) is 3.54. The van der Waals surface area contributed by atoms with Gasteiger partial charge in [0.15, 0.2) is 0 Å². The zero-order valence-corrected chi connectivity index (χ0v) is 14.8. The lowest BCUT2D eigenvalue weighted by Gasteiger charge is -2.32. The molecule has 1 aliphatic rings. The molecule has 0 aliphatic carbocycles. The van der Waals surface area contributed by atoms with E-state index >= 15 is 0 Å². The molecule has 2 rings (SSSR count). The Morgan fingerprint density at radius 1 is 1.30 bits per heavy atom. The smallest absolute Gasteiger partial charge is 0.481 e. The minimum atomic E-state index is -0.894. The van der Waals surface area contributed by atoms with Crippen LogP contribution in [0.1, 0.15) is 39.0 Å². The topological polar surface area (TPSA) is 68.7 Å². The minimum Gasteiger partial charge on any atom is -0.481 e. The standard InChI is InChI=1S/C16H22BNO4S/c1-15(2)16(3,4)22-17(21-15)12(10-23)7-11-5-6-13(18-9-11)8-14(19)20/h5-7,9,23H,8,10H2,1-4H3,(H,19,20). The van der Waals surface area contributed by atoms with Crippen molar-refractivity contribution in [1.82, 2.24) is 4.98 Å². The molecule has 1 fully saturated rings. The summed E-state index contributed by atoms with van der Waals surface area (Å²) >= 11 is 4.37. The number of carboxylic acids is 1. The van der Waals surface area contributed by atoms with Crippen LogP contribution < -0.4 is 0 Å². The second-order valence-corrected chi connectivity index (χ2v) is 6.94. The van der Waals surface area contributed by atoms with Gasteiger partial charge in [0.25, 0.3) is 0 Å². The number of nitrogens with zero attached hydrogens (tertiary/aromatic N) is 1. The quantitative estimate of drug-likeness (QED) is 0.640. The molecule has 0 unspecified atom stereocenters. The van der Waals surface area contributed by atoms with Gasteiger partial charge in [-0.15, -0.1) is 0 Å². The predicted molar refractivity (Wildman–Crippen MR) is 93.5 cm³/mol. The summed E-state index contributed by atoms with van der Waals surface area (Å²) in [6.45, 7) is 8.02. The lowest BCUT2D eigenvalue weighted by Crippen LogP contribution is -2.41. The highest BCUT2D eigenvalue weighted by Gasteiger charge is 2.52. The average Bonchev–Trinajstić information content (AvgIpc) is 2.66. The molecule has 7 heteroatoms. The van der Waals surface area contributed by atoms with Crippen LogP contribution in [0.15, 0.2) is 23.8 Å². The van der Waals surface area contributed by atoms with Crippen LogP contribution in [-0.2, 0) is 20.5 Å². The molecule has 23 heavy (non-hydrogen) atoms. The summed E-state index contributed by atoms with van der Waals surface area (Å²) in [6.07, 6.45) is 3.49. The van der Waals surface area contributed by atoms with E-state index in [9.17, 15) is 4.79 Å². The Morgan fingerprint density at radius 2 is 1.91 bits per heavy atom. The molecule has 0 radical (unpaired) electrons. The van der Waals surface area contributed by atoms with Crippen molar-refractivity contribution < 1.29 is 19.2 Å². The molecule has 1 aromatic rings. The van der Waals surface area contributed by atoms with Gasteiger partial charge in [0.1, 0.15) is 0 Å². The number of pyridine rings is 1. The molecule has 2 heterocycles. The van der Waals surface area contributed by atoms with E-state index in [2.05, 4.69) is 17.6 Å². The van der Waals surface area contributed by atoms with Crippen LogP contribution in [-0.4, -0.2) is 40.1 Å². The highest BCUT2D eigenvalue weighted by molar-refractivity contribution is 7.80. The van der Waals surface area contributed by atoms with Crippen LogP contribution in [0.5, 0.6) is 0 Å². The Bertz CT molecular complexity index is 597. The zero-order valence-electron chi connectivity index (χ0n) is 13.9. The van der Waals surface area contributed by atoms with E-state index in [1.807, 2.05) is 39.8 Å². The summed E-state index contributed by atoms with van der Waals surface area (Å²) in [5.74, 6) is -0.401. The molecule has 0 spiro atoms. The van der Waals surface area contributed by atoms with E-state index in [0.717, 1.165) is 11.0 Å². The first-order valence-electron chi connectivity index (χ1n) is 7.48. The summed E-state index contributed by atoms with van der Waals surface area (Å²) in [5.41, 5.74) is 1.49. The molecule has 0 saturated carbocycles. The molecule has 124 valence electrons. The van der Waals surface area contributed by atoms with Crippen LogP contribution in [0.4, 0.5) is 0 Å². The summed E-state index contributed by atoms with van der Waals surface area (Å²) in [4.78, 5) is 14.8. The predicted octanol–water partition coefficient (Wildman–Crippen LogP) is 2.65. The first-order valence-corrected chi connectivity index (χ1v) is 8.11. The van der Waals surface area contributed by atoms with E-state index in [-0.39, 0.29) is 6.42 Å². The lowest BCUT2D eigenvalue weighted by molar-refractivity contribution is -0.136. The minimum absolute atomic E-state index is 0.0827. The normalized spacial score (nSPS) is 19.9. The molecule has 0 aromatic carbocycles. The second-order valence-electron chi connectivity index (χ2n) is 6.62. The number of hydrogen-bond donors (Lipinski definition) is 2. The van der Waals surface area contributed by atoms with Crippen molar-refractivity contribution in [3.05, 3.63) is 35.1 Å². The highest BCUT2D eigenvalue weighted by Crippen LogP contribution is 2.38. The third-order valence-electron chi connectivity index (χ3n) is 4.27. The van der Waals surface area contributed by atoms with E-state index in [1.54, 1.807) is 12.3 Å². The molecular formula is C16H22BNO4S. The monoisotopic (exact) mass is 335 g/mol. The fourth-order valence-corrected chi connectivity index (χ4v) is 2.42. The fourth-order valence-electron chi connectivity index (χ4n) is 2.18. The Labute approximate surface area is 142 Å². The molecule has 0 amide bonds. The molecule has 1 aromatic heterocycles. The zero-order chi connectivity index (χ0) is 17.3. The SMILES string of the molecule is CC1(C)OB(C(=Cc2ccc(CC(=O)O)nc2)CS)OC1(C)C. The first-order chi connectivity index (χ1) is 10.6. The van der Waals surface area contributed by atoms with Gasteiger partial charge in [-0.25, -0.2) is 0 Å². The van der Waals surface area contributed by atoms with Gasteiger partial charge >= 0.3 is 13.1 Å². The van der Waals surface area contributed by atoms with E-state index < -0.39 is 24.3 Å². The number of carboxylic acid groups (broad SMARTS) is 1. The van der Waals surface area contributed by atoms with Crippen molar-refractivity contribution >= 4 is 31.8 Å². The van der Waals surface area contributed by atoms with Crippen molar-refractivity contribution in [2.24, 2.45) is 0 Å². The Hall–Kier alpha value is -1.31. The van der Waals surface area contributed by atoms with E-state index in [4.69, 9.17) is 14.4 Å². The van der Waals surface area contributed by atoms with Gasteiger partial charge in [0.05, 0.1) is 23.3 Å². The summed E-state index contributed by atoms with van der Waals surface area (Å²) < 4.78 is 12.1. The van der Waals surface area contributed by atoms with Gasteiger partial charge in [-0.3, -0.25) is 9.78 Å². The Morgan fingerprint density at radius 3 is 2.35 bits per heavy atom. The second kappa shape index (κ2) is 6.67. The van der Waals surface area contributed by atoms with Crippen molar-refractivity contribution in [2.45, 2.75) is 45.3 Å². The number of aromatic nitrogens is 1. The van der Waals surface area contributed by atoms with Crippen molar-refractivity contribution in [3.63, 3.8) is 0 Å². The number of thiol groups is 1. The van der Waals surface area contributed by atoms with E-state index in [1.165, 1.54) is 0 Å². The third-order valence-corrected chi connectivity index (χ3v) is 4.64. The Kier molecular flexibility index (Phi) is 5.23. The molecule has 1 saturated heterocycles. The van der Waals surface area contributed by atoms with Crippen LogP contribution in [0.2, 0.25) is 0 Å². The summed E-state index contributed by atoms with van der Waals surface area (Å²) in [5, 5.41) is 8.77. The maximum Gasteiger partial charge on any atom is 0.491 e. The van der Waals surface area contributed by atoms with Gasteiger partial charge < -0.3 is 14.4 Å². The molecule has 1 aliphatic heterocycles. The third kappa shape index (κ3) is 4.16. The van der Waals surface area contributed by atoms with E-state index in [0.29, 0.717) is 11.4 Å². The number of carbonyl (C=O) groups is 1. The molecular weight excluding hydrogens is 313 g/mol. The number of rotatable bonds is 5. The van der Waals surface area contributed by atoms with Crippen LogP contribution >= 0.6 is 12.6 Å². The van der Waals surface area contributed by atoms with Crippen LogP contribution in [0, 0.1) is 0 Å².